The topological polar surface area (TPSA) is 7.12 Å². The molecule has 0 saturated heterocycles. The van der Waals surface area contributed by atoms with Gasteiger partial charge in [-0.2, -0.15) is 4.57 Å². The molecular weight excluding hydrogens is 316 g/mol. The van der Waals surface area contributed by atoms with Crippen LogP contribution < -0.4 is 9.47 Å². The Morgan fingerprint density at radius 3 is 2.62 bits per heavy atom. The third-order valence-corrected chi connectivity index (χ3v) is 5.12. The molecule has 2 heterocycles. The minimum atomic E-state index is 0.950. The highest BCUT2D eigenvalue weighted by molar-refractivity contribution is 5.80. The maximum Gasteiger partial charge on any atom is 0.212 e. The minimum absolute atomic E-state index is 0.950. The standard InChI is InChI=1S/C24H25N2/c1-4-25-21(13-11-19-8-6-7-9-23(19)25)17-22-14-12-20-16-18(3)10-15-24(20)26(22)5-2/h6-17H,4-5H2,1-3H3/q+1. The van der Waals surface area contributed by atoms with Crippen molar-refractivity contribution in [3.63, 3.8) is 0 Å². The molecule has 0 aliphatic carbocycles. The van der Waals surface area contributed by atoms with Crippen molar-refractivity contribution in [3.8, 4) is 0 Å². The van der Waals surface area contributed by atoms with Gasteiger partial charge in [-0.3, -0.25) is 0 Å². The van der Waals surface area contributed by atoms with Crippen molar-refractivity contribution in [2.75, 3.05) is 11.4 Å². The second-order valence-corrected chi connectivity index (χ2v) is 6.77. The van der Waals surface area contributed by atoms with Crippen molar-refractivity contribution in [2.45, 2.75) is 27.3 Å². The zero-order valence-electron chi connectivity index (χ0n) is 15.7. The van der Waals surface area contributed by atoms with Crippen LogP contribution in [0.4, 0.5) is 5.69 Å². The summed E-state index contributed by atoms with van der Waals surface area (Å²) in [5, 5.41) is 1.30. The molecule has 2 heteroatoms. The fourth-order valence-corrected chi connectivity index (χ4v) is 3.85. The second-order valence-electron chi connectivity index (χ2n) is 6.77. The van der Waals surface area contributed by atoms with Crippen molar-refractivity contribution in [3.05, 3.63) is 83.2 Å². The quantitative estimate of drug-likeness (QED) is 0.583. The summed E-state index contributed by atoms with van der Waals surface area (Å²) >= 11 is 0. The predicted molar refractivity (Wildman–Crippen MR) is 111 cm³/mol. The summed E-state index contributed by atoms with van der Waals surface area (Å²) in [7, 11) is 0. The molecule has 4 rings (SSSR count). The Morgan fingerprint density at radius 2 is 1.81 bits per heavy atom. The van der Waals surface area contributed by atoms with Gasteiger partial charge in [0.25, 0.3) is 0 Å². The van der Waals surface area contributed by atoms with Crippen molar-refractivity contribution < 1.29 is 4.57 Å². The predicted octanol–water partition coefficient (Wildman–Crippen LogP) is 5.35. The third-order valence-electron chi connectivity index (χ3n) is 5.12. The average Bonchev–Trinajstić information content (AvgIpc) is 2.67. The highest BCUT2D eigenvalue weighted by Gasteiger charge is 2.18. The summed E-state index contributed by atoms with van der Waals surface area (Å²) in [5.74, 6) is 0. The number of hydrogen-bond acceptors (Lipinski definition) is 1. The number of pyridine rings is 1. The van der Waals surface area contributed by atoms with E-state index in [-0.39, 0.29) is 0 Å². The molecule has 0 amide bonds. The molecule has 130 valence electrons. The Bertz CT molecular complexity index is 1030. The summed E-state index contributed by atoms with van der Waals surface area (Å²) in [6, 6.07) is 19.7. The lowest BCUT2D eigenvalue weighted by Crippen LogP contribution is -2.37. The molecule has 0 radical (unpaired) electrons. The lowest BCUT2D eigenvalue weighted by molar-refractivity contribution is -0.669. The van der Waals surface area contributed by atoms with Crippen LogP contribution in [0, 0.1) is 6.92 Å². The van der Waals surface area contributed by atoms with Gasteiger partial charge < -0.3 is 4.90 Å². The summed E-state index contributed by atoms with van der Waals surface area (Å²) in [6.07, 6.45) is 6.75. The first-order valence-electron chi connectivity index (χ1n) is 9.41. The molecule has 0 saturated carbocycles. The number of nitrogens with zero attached hydrogens (tertiary/aromatic N) is 2. The first-order chi connectivity index (χ1) is 12.7. The largest absolute Gasteiger partial charge is 0.341 e. The molecule has 1 aliphatic rings. The van der Waals surface area contributed by atoms with Crippen LogP contribution in [0.25, 0.3) is 23.1 Å². The SMILES string of the molecule is CCN1C(=Cc2ccc3cc(C)ccc3[n+]2CC)C=Cc2ccccc21. The number of aromatic nitrogens is 1. The molecule has 0 bridgehead atoms. The molecule has 0 atom stereocenters. The number of allylic oxidation sites excluding steroid dienone is 1. The van der Waals surface area contributed by atoms with Crippen molar-refractivity contribution in [1.82, 2.24) is 0 Å². The van der Waals surface area contributed by atoms with Gasteiger partial charge in [-0.25, -0.2) is 0 Å². The van der Waals surface area contributed by atoms with Gasteiger partial charge >= 0.3 is 0 Å². The number of hydrogen-bond donors (Lipinski definition) is 0. The van der Waals surface area contributed by atoms with E-state index >= 15 is 0 Å². The van der Waals surface area contributed by atoms with E-state index in [1.807, 2.05) is 0 Å². The van der Waals surface area contributed by atoms with Gasteiger partial charge in [-0.15, -0.1) is 0 Å². The summed E-state index contributed by atoms with van der Waals surface area (Å²) in [4.78, 5) is 2.38. The van der Waals surface area contributed by atoms with Gasteiger partial charge in [0.1, 0.15) is 6.54 Å². The van der Waals surface area contributed by atoms with Crippen molar-refractivity contribution in [2.24, 2.45) is 0 Å². The van der Waals surface area contributed by atoms with Gasteiger partial charge in [0.2, 0.25) is 11.2 Å². The summed E-state index contributed by atoms with van der Waals surface area (Å²) in [6.45, 7) is 8.47. The maximum absolute atomic E-state index is 2.39. The second kappa shape index (κ2) is 6.80. The smallest absolute Gasteiger partial charge is 0.212 e. The fourth-order valence-electron chi connectivity index (χ4n) is 3.85. The van der Waals surface area contributed by atoms with Crippen LogP contribution in [-0.2, 0) is 6.54 Å². The molecule has 0 unspecified atom stereocenters. The Labute approximate surface area is 155 Å². The van der Waals surface area contributed by atoms with Gasteiger partial charge in [0.05, 0.1) is 0 Å². The highest BCUT2D eigenvalue weighted by Crippen LogP contribution is 2.31. The van der Waals surface area contributed by atoms with Gasteiger partial charge in [0, 0.05) is 41.5 Å². The molecule has 0 N–H and O–H groups in total. The zero-order chi connectivity index (χ0) is 18.1. The van der Waals surface area contributed by atoms with Crippen molar-refractivity contribution >= 4 is 28.7 Å². The number of rotatable bonds is 3. The van der Waals surface area contributed by atoms with E-state index in [0.717, 1.165) is 13.1 Å². The number of benzene rings is 2. The highest BCUT2D eigenvalue weighted by atomic mass is 15.1. The molecule has 2 aromatic carbocycles. The zero-order valence-corrected chi connectivity index (χ0v) is 15.7. The Morgan fingerprint density at radius 1 is 0.962 bits per heavy atom. The molecule has 0 spiro atoms. The average molecular weight is 341 g/mol. The Kier molecular flexibility index (Phi) is 4.34. The monoisotopic (exact) mass is 341 g/mol. The Hall–Kier alpha value is -2.87. The molecule has 26 heavy (non-hydrogen) atoms. The van der Waals surface area contributed by atoms with Crippen LogP contribution in [0.3, 0.4) is 0 Å². The normalized spacial score (nSPS) is 14.9. The van der Waals surface area contributed by atoms with E-state index in [0.29, 0.717) is 0 Å². The fraction of sp³-hybridized carbons (Fsp3) is 0.208. The number of para-hydroxylation sites is 1. The van der Waals surface area contributed by atoms with E-state index < -0.39 is 0 Å². The van der Waals surface area contributed by atoms with E-state index in [2.05, 4.69) is 103 Å². The van der Waals surface area contributed by atoms with Gasteiger partial charge in [-0.1, -0.05) is 35.9 Å². The van der Waals surface area contributed by atoms with Crippen molar-refractivity contribution in [1.29, 1.82) is 0 Å². The number of fused-ring (bicyclic) bond motifs is 2. The summed E-state index contributed by atoms with van der Waals surface area (Å²) in [5.41, 5.74) is 7.62. The number of anilines is 1. The molecule has 1 aromatic heterocycles. The van der Waals surface area contributed by atoms with Crippen LogP contribution in [0.15, 0.2) is 66.4 Å². The maximum atomic E-state index is 2.39. The molecule has 2 nitrogen and oxygen atoms in total. The molecule has 1 aliphatic heterocycles. The van der Waals surface area contributed by atoms with Crippen LogP contribution in [0.1, 0.15) is 30.7 Å². The molecule has 3 aromatic rings. The first kappa shape index (κ1) is 16.6. The number of likely N-dealkylation sites (N-methyl/N-ethyl adjacent to an activating group) is 1. The number of aryl methyl sites for hydroxylation is 2. The lowest BCUT2D eigenvalue weighted by atomic mass is 10.0. The Balaban J connectivity index is 1.85. The lowest BCUT2D eigenvalue weighted by Gasteiger charge is -2.29. The van der Waals surface area contributed by atoms with E-state index in [1.54, 1.807) is 0 Å². The van der Waals surface area contributed by atoms with Crippen LogP contribution >= 0.6 is 0 Å². The third kappa shape index (κ3) is 2.82. The van der Waals surface area contributed by atoms with Crippen LogP contribution in [0.5, 0.6) is 0 Å². The molecular formula is C24H25N2+. The van der Waals surface area contributed by atoms with Crippen LogP contribution in [-0.4, -0.2) is 6.54 Å². The minimum Gasteiger partial charge on any atom is -0.341 e. The van der Waals surface area contributed by atoms with E-state index in [4.69, 9.17) is 0 Å². The van der Waals surface area contributed by atoms with Gasteiger partial charge in [-0.05, 0) is 50.6 Å². The van der Waals surface area contributed by atoms with Gasteiger partial charge in [0.15, 0.2) is 0 Å². The van der Waals surface area contributed by atoms with E-state index in [9.17, 15) is 0 Å². The van der Waals surface area contributed by atoms with E-state index in [1.165, 1.54) is 39.1 Å². The summed E-state index contributed by atoms with van der Waals surface area (Å²) < 4.78 is 2.39. The van der Waals surface area contributed by atoms with Crippen LogP contribution in [0.2, 0.25) is 0 Å². The first-order valence-corrected chi connectivity index (χ1v) is 9.41. The molecule has 0 fully saturated rings.